The van der Waals surface area contributed by atoms with Crippen LogP contribution in [0.5, 0.6) is 0 Å². The van der Waals surface area contributed by atoms with Crippen LogP contribution in [-0.2, 0) is 0 Å². The number of amides is 1. The van der Waals surface area contributed by atoms with E-state index < -0.39 is 0 Å². The van der Waals surface area contributed by atoms with Gasteiger partial charge in [0.1, 0.15) is 0 Å². The molecule has 1 aliphatic carbocycles. The smallest absolute Gasteiger partial charge is 0.254 e. The molecule has 0 aromatic heterocycles. The predicted molar refractivity (Wildman–Crippen MR) is 105 cm³/mol. The van der Waals surface area contributed by atoms with Crippen molar-refractivity contribution in [3.8, 4) is 0 Å². The van der Waals surface area contributed by atoms with Crippen molar-refractivity contribution in [2.24, 2.45) is 5.92 Å². The van der Waals surface area contributed by atoms with Crippen molar-refractivity contribution in [3.05, 3.63) is 35.4 Å². The van der Waals surface area contributed by atoms with E-state index in [1.54, 1.807) is 0 Å². The van der Waals surface area contributed by atoms with Crippen LogP contribution in [-0.4, -0.2) is 53.7 Å². The number of benzene rings is 1. The van der Waals surface area contributed by atoms with Crippen molar-refractivity contribution in [2.75, 3.05) is 26.2 Å². The Morgan fingerprint density at radius 2 is 1.58 bits per heavy atom. The Morgan fingerprint density at radius 3 is 2.27 bits per heavy atom. The number of ketones is 1. The molecule has 0 spiro atoms. The summed E-state index contributed by atoms with van der Waals surface area (Å²) in [4.78, 5) is 30.6. The molecule has 0 atom stereocenters. The van der Waals surface area contributed by atoms with Gasteiger partial charge in [0.15, 0.2) is 5.78 Å². The molecule has 1 aromatic rings. The Hall–Kier alpha value is -1.68. The van der Waals surface area contributed by atoms with E-state index in [-0.39, 0.29) is 17.6 Å². The third-order valence-corrected chi connectivity index (χ3v) is 5.95. The average Bonchev–Trinajstić information content (AvgIpc) is 2.94. The Labute approximate surface area is 157 Å². The molecule has 4 heteroatoms. The van der Waals surface area contributed by atoms with Crippen molar-refractivity contribution in [1.29, 1.82) is 0 Å². The highest BCUT2D eigenvalue weighted by molar-refractivity contribution is 6.08. The van der Waals surface area contributed by atoms with Gasteiger partial charge in [-0.3, -0.25) is 14.5 Å². The lowest BCUT2D eigenvalue weighted by atomic mass is 9.82. The van der Waals surface area contributed by atoms with Crippen LogP contribution in [0.1, 0.15) is 73.1 Å². The normalized spacial score (nSPS) is 20.2. The van der Waals surface area contributed by atoms with Crippen LogP contribution in [0, 0.1) is 5.92 Å². The van der Waals surface area contributed by atoms with E-state index in [1.165, 1.54) is 6.42 Å². The Kier molecular flexibility index (Phi) is 6.47. The average molecular weight is 357 g/mol. The summed E-state index contributed by atoms with van der Waals surface area (Å²) < 4.78 is 0. The molecular weight excluding hydrogens is 324 g/mol. The molecule has 1 aromatic carbocycles. The van der Waals surface area contributed by atoms with Crippen LogP contribution < -0.4 is 0 Å². The van der Waals surface area contributed by atoms with Gasteiger partial charge in [0.05, 0.1) is 5.56 Å². The zero-order valence-corrected chi connectivity index (χ0v) is 16.2. The summed E-state index contributed by atoms with van der Waals surface area (Å²) in [6.07, 6.45) is 6.41. The number of rotatable bonds is 4. The second kappa shape index (κ2) is 8.81. The molecule has 1 heterocycles. The number of hydrogen-bond acceptors (Lipinski definition) is 3. The van der Waals surface area contributed by atoms with E-state index in [9.17, 15) is 9.59 Å². The molecule has 1 saturated heterocycles. The zero-order chi connectivity index (χ0) is 18.5. The first-order chi connectivity index (χ1) is 12.6. The standard InChI is InChI=1S/C22H32N2O2/c1-17(2)23-13-8-14-24(16-15-23)22(26)20-12-7-6-11-19(20)21(25)18-9-4-3-5-10-18/h6-7,11-12,17-18H,3-5,8-10,13-16H2,1-2H3. The zero-order valence-electron chi connectivity index (χ0n) is 16.2. The number of hydrogen-bond donors (Lipinski definition) is 0. The maximum absolute atomic E-state index is 13.2. The second-order valence-corrected chi connectivity index (χ2v) is 8.02. The highest BCUT2D eigenvalue weighted by Crippen LogP contribution is 2.28. The lowest BCUT2D eigenvalue weighted by Crippen LogP contribution is -2.38. The summed E-state index contributed by atoms with van der Waals surface area (Å²) >= 11 is 0. The molecule has 0 radical (unpaired) electrons. The van der Waals surface area contributed by atoms with Crippen LogP contribution in [0.25, 0.3) is 0 Å². The summed E-state index contributed by atoms with van der Waals surface area (Å²) in [5, 5.41) is 0. The van der Waals surface area contributed by atoms with Gasteiger partial charge in [-0.15, -0.1) is 0 Å². The molecule has 3 rings (SSSR count). The monoisotopic (exact) mass is 356 g/mol. The Morgan fingerprint density at radius 1 is 0.885 bits per heavy atom. The largest absolute Gasteiger partial charge is 0.337 e. The SMILES string of the molecule is CC(C)N1CCCN(C(=O)c2ccccc2C(=O)C2CCCCC2)CC1. The summed E-state index contributed by atoms with van der Waals surface area (Å²) in [5.41, 5.74) is 1.23. The lowest BCUT2D eigenvalue weighted by Gasteiger charge is -2.26. The van der Waals surface area contributed by atoms with Gasteiger partial charge in [-0.25, -0.2) is 0 Å². The molecule has 0 bridgehead atoms. The number of Topliss-reactive ketones (excluding diaryl/α,β-unsaturated/α-hetero) is 1. The van der Waals surface area contributed by atoms with Crippen LogP contribution >= 0.6 is 0 Å². The van der Waals surface area contributed by atoms with Crippen molar-refractivity contribution in [2.45, 2.75) is 58.4 Å². The maximum atomic E-state index is 13.2. The van der Waals surface area contributed by atoms with E-state index in [0.29, 0.717) is 17.2 Å². The summed E-state index contributed by atoms with van der Waals surface area (Å²) in [6, 6.07) is 7.95. The van der Waals surface area contributed by atoms with Gasteiger partial charge in [-0.2, -0.15) is 0 Å². The fourth-order valence-electron chi connectivity index (χ4n) is 4.30. The third kappa shape index (κ3) is 4.35. The third-order valence-electron chi connectivity index (χ3n) is 5.95. The first-order valence-electron chi connectivity index (χ1n) is 10.2. The van der Waals surface area contributed by atoms with Crippen molar-refractivity contribution >= 4 is 11.7 Å². The summed E-state index contributed by atoms with van der Waals surface area (Å²) in [7, 11) is 0. The van der Waals surface area contributed by atoms with Crippen molar-refractivity contribution < 1.29 is 9.59 Å². The Bertz CT molecular complexity index is 635. The van der Waals surface area contributed by atoms with Crippen molar-refractivity contribution in [3.63, 3.8) is 0 Å². The first-order valence-corrected chi connectivity index (χ1v) is 10.2. The minimum atomic E-state index is 0.0235. The molecule has 2 aliphatic rings. The lowest BCUT2D eigenvalue weighted by molar-refractivity contribution is 0.0749. The molecule has 1 amide bonds. The van der Waals surface area contributed by atoms with Crippen LogP contribution in [0.2, 0.25) is 0 Å². The van der Waals surface area contributed by atoms with Crippen LogP contribution in [0.3, 0.4) is 0 Å². The van der Waals surface area contributed by atoms with Gasteiger partial charge in [-0.1, -0.05) is 37.5 Å². The Balaban J connectivity index is 1.76. The fourth-order valence-corrected chi connectivity index (χ4v) is 4.30. The molecule has 0 unspecified atom stereocenters. The van der Waals surface area contributed by atoms with Gasteiger partial charge < -0.3 is 4.90 Å². The van der Waals surface area contributed by atoms with E-state index in [4.69, 9.17) is 0 Å². The molecule has 2 fully saturated rings. The van der Waals surface area contributed by atoms with Crippen LogP contribution in [0.4, 0.5) is 0 Å². The quantitative estimate of drug-likeness (QED) is 0.766. The molecule has 4 nitrogen and oxygen atoms in total. The number of nitrogens with zero attached hydrogens (tertiary/aromatic N) is 2. The maximum Gasteiger partial charge on any atom is 0.254 e. The summed E-state index contributed by atoms with van der Waals surface area (Å²) in [6.45, 7) is 7.86. The second-order valence-electron chi connectivity index (χ2n) is 8.02. The molecule has 26 heavy (non-hydrogen) atoms. The highest BCUT2D eigenvalue weighted by atomic mass is 16.2. The molecule has 0 N–H and O–H groups in total. The van der Waals surface area contributed by atoms with Crippen molar-refractivity contribution in [1.82, 2.24) is 9.80 Å². The number of carbonyl (C=O) groups is 2. The van der Waals surface area contributed by atoms with E-state index in [2.05, 4.69) is 18.7 Å². The topological polar surface area (TPSA) is 40.6 Å². The minimum Gasteiger partial charge on any atom is -0.337 e. The van der Waals surface area contributed by atoms with E-state index in [0.717, 1.165) is 58.3 Å². The molecular formula is C22H32N2O2. The first kappa shape index (κ1) is 19.1. The number of carbonyl (C=O) groups excluding carboxylic acids is 2. The molecule has 142 valence electrons. The van der Waals surface area contributed by atoms with Gasteiger partial charge in [0.2, 0.25) is 0 Å². The minimum absolute atomic E-state index is 0.0235. The van der Waals surface area contributed by atoms with E-state index in [1.807, 2.05) is 29.2 Å². The van der Waals surface area contributed by atoms with Gasteiger partial charge >= 0.3 is 0 Å². The fraction of sp³-hybridized carbons (Fsp3) is 0.636. The molecule has 1 saturated carbocycles. The van der Waals surface area contributed by atoms with Gasteiger partial charge in [0, 0.05) is 43.7 Å². The summed E-state index contributed by atoms with van der Waals surface area (Å²) in [5.74, 6) is 0.293. The van der Waals surface area contributed by atoms with Gasteiger partial charge in [-0.05, 0) is 39.2 Å². The van der Waals surface area contributed by atoms with E-state index >= 15 is 0 Å². The van der Waals surface area contributed by atoms with Gasteiger partial charge in [0.25, 0.3) is 5.91 Å². The predicted octanol–water partition coefficient (Wildman–Crippen LogP) is 4.01. The highest BCUT2D eigenvalue weighted by Gasteiger charge is 2.28. The van der Waals surface area contributed by atoms with Crippen LogP contribution in [0.15, 0.2) is 24.3 Å². The molecule has 1 aliphatic heterocycles.